The van der Waals surface area contributed by atoms with Crippen molar-refractivity contribution in [3.63, 3.8) is 0 Å². The standard InChI is InChI=1S/C10H24N2/c1-5-6-10(12-4)9(7-11)8(2)3/h8-10,12H,5-7,11H2,1-4H3. The number of hydrogen-bond donors (Lipinski definition) is 2. The van der Waals surface area contributed by atoms with Crippen molar-refractivity contribution in [2.24, 2.45) is 17.6 Å². The van der Waals surface area contributed by atoms with Crippen molar-refractivity contribution in [3.05, 3.63) is 0 Å². The van der Waals surface area contributed by atoms with E-state index in [1.54, 1.807) is 0 Å². The van der Waals surface area contributed by atoms with Crippen LogP contribution in [0.3, 0.4) is 0 Å². The fourth-order valence-corrected chi connectivity index (χ4v) is 1.78. The van der Waals surface area contributed by atoms with Crippen molar-refractivity contribution in [1.82, 2.24) is 5.32 Å². The summed E-state index contributed by atoms with van der Waals surface area (Å²) in [6.45, 7) is 7.51. The molecule has 0 saturated carbocycles. The van der Waals surface area contributed by atoms with Gasteiger partial charge >= 0.3 is 0 Å². The van der Waals surface area contributed by atoms with Gasteiger partial charge in [0.2, 0.25) is 0 Å². The Balaban J connectivity index is 4.02. The Bertz CT molecular complexity index is 102. The molecule has 0 fully saturated rings. The third-order valence-electron chi connectivity index (χ3n) is 2.62. The summed E-state index contributed by atoms with van der Waals surface area (Å²) in [7, 11) is 2.03. The zero-order valence-electron chi connectivity index (χ0n) is 8.93. The topological polar surface area (TPSA) is 38.0 Å². The van der Waals surface area contributed by atoms with Crippen LogP contribution < -0.4 is 11.1 Å². The van der Waals surface area contributed by atoms with Crippen molar-refractivity contribution in [2.75, 3.05) is 13.6 Å². The van der Waals surface area contributed by atoms with Crippen LogP contribution in [0.4, 0.5) is 0 Å². The summed E-state index contributed by atoms with van der Waals surface area (Å²) in [5, 5.41) is 3.36. The summed E-state index contributed by atoms with van der Waals surface area (Å²) in [6.07, 6.45) is 2.46. The van der Waals surface area contributed by atoms with Gasteiger partial charge in [0.15, 0.2) is 0 Å². The van der Waals surface area contributed by atoms with Crippen molar-refractivity contribution in [3.8, 4) is 0 Å². The van der Waals surface area contributed by atoms with Crippen LogP contribution in [0, 0.1) is 11.8 Å². The van der Waals surface area contributed by atoms with Crippen LogP contribution in [0.25, 0.3) is 0 Å². The molecule has 0 saturated heterocycles. The second kappa shape index (κ2) is 6.44. The Morgan fingerprint density at radius 2 is 1.92 bits per heavy atom. The van der Waals surface area contributed by atoms with Crippen molar-refractivity contribution < 1.29 is 0 Å². The van der Waals surface area contributed by atoms with E-state index >= 15 is 0 Å². The lowest BCUT2D eigenvalue weighted by Gasteiger charge is -2.28. The molecule has 0 bridgehead atoms. The molecular weight excluding hydrogens is 148 g/mol. The van der Waals surface area contributed by atoms with Gasteiger partial charge in [-0.25, -0.2) is 0 Å². The van der Waals surface area contributed by atoms with E-state index in [9.17, 15) is 0 Å². The molecule has 0 aliphatic carbocycles. The first-order chi connectivity index (χ1) is 5.67. The van der Waals surface area contributed by atoms with Crippen LogP contribution >= 0.6 is 0 Å². The summed E-state index contributed by atoms with van der Waals surface area (Å²) in [5.41, 5.74) is 5.74. The van der Waals surface area contributed by atoms with E-state index in [-0.39, 0.29) is 0 Å². The van der Waals surface area contributed by atoms with Crippen molar-refractivity contribution in [1.29, 1.82) is 0 Å². The van der Waals surface area contributed by atoms with E-state index in [0.29, 0.717) is 17.9 Å². The first-order valence-electron chi connectivity index (χ1n) is 5.04. The minimum Gasteiger partial charge on any atom is -0.330 e. The molecule has 2 nitrogen and oxygen atoms in total. The second-order valence-electron chi connectivity index (χ2n) is 3.83. The lowest BCUT2D eigenvalue weighted by atomic mass is 9.86. The Kier molecular flexibility index (Phi) is 6.39. The predicted molar refractivity (Wildman–Crippen MR) is 55.1 cm³/mol. The van der Waals surface area contributed by atoms with Gasteiger partial charge in [0.25, 0.3) is 0 Å². The summed E-state index contributed by atoms with van der Waals surface area (Å²) in [4.78, 5) is 0. The highest BCUT2D eigenvalue weighted by Gasteiger charge is 2.20. The largest absolute Gasteiger partial charge is 0.330 e. The van der Waals surface area contributed by atoms with Crippen LogP contribution in [0.5, 0.6) is 0 Å². The molecule has 2 heteroatoms. The molecular formula is C10H24N2. The zero-order chi connectivity index (χ0) is 9.56. The van der Waals surface area contributed by atoms with Gasteiger partial charge in [0, 0.05) is 6.04 Å². The molecule has 0 radical (unpaired) electrons. The molecule has 0 amide bonds. The summed E-state index contributed by atoms with van der Waals surface area (Å²) < 4.78 is 0. The average Bonchev–Trinajstić information content (AvgIpc) is 2.03. The molecule has 0 aromatic heterocycles. The Morgan fingerprint density at radius 1 is 1.33 bits per heavy atom. The summed E-state index contributed by atoms with van der Waals surface area (Å²) in [6, 6.07) is 0.597. The molecule has 74 valence electrons. The molecule has 0 spiro atoms. The van der Waals surface area contributed by atoms with Crippen LogP contribution in [0.2, 0.25) is 0 Å². The van der Waals surface area contributed by atoms with Crippen LogP contribution in [-0.4, -0.2) is 19.6 Å². The Morgan fingerprint density at radius 3 is 2.17 bits per heavy atom. The fourth-order valence-electron chi connectivity index (χ4n) is 1.78. The van der Waals surface area contributed by atoms with Gasteiger partial charge in [-0.1, -0.05) is 27.2 Å². The molecule has 2 unspecified atom stereocenters. The van der Waals surface area contributed by atoms with Gasteiger partial charge in [-0.3, -0.25) is 0 Å². The van der Waals surface area contributed by atoms with E-state index in [2.05, 4.69) is 26.1 Å². The molecule has 0 aliphatic rings. The van der Waals surface area contributed by atoms with E-state index in [1.807, 2.05) is 7.05 Å². The number of hydrogen-bond acceptors (Lipinski definition) is 2. The summed E-state index contributed by atoms with van der Waals surface area (Å²) in [5.74, 6) is 1.30. The Hall–Kier alpha value is -0.0800. The highest BCUT2D eigenvalue weighted by atomic mass is 14.9. The van der Waals surface area contributed by atoms with Gasteiger partial charge in [0.05, 0.1) is 0 Å². The SMILES string of the molecule is CCCC(NC)C(CN)C(C)C. The van der Waals surface area contributed by atoms with Gasteiger partial charge < -0.3 is 11.1 Å². The first kappa shape index (κ1) is 11.9. The molecule has 3 N–H and O–H groups in total. The monoisotopic (exact) mass is 172 g/mol. The van der Waals surface area contributed by atoms with E-state index in [4.69, 9.17) is 5.73 Å². The van der Waals surface area contributed by atoms with Crippen molar-refractivity contribution >= 4 is 0 Å². The third kappa shape index (κ3) is 3.55. The number of rotatable bonds is 6. The smallest absolute Gasteiger partial charge is 0.0107 e. The second-order valence-corrected chi connectivity index (χ2v) is 3.83. The van der Waals surface area contributed by atoms with Gasteiger partial charge in [-0.05, 0) is 31.8 Å². The normalized spacial score (nSPS) is 16.5. The number of nitrogens with two attached hydrogens (primary N) is 1. The Labute approximate surface area is 76.9 Å². The number of nitrogens with one attached hydrogen (secondary N) is 1. The summed E-state index contributed by atoms with van der Waals surface area (Å²) >= 11 is 0. The minimum absolute atomic E-state index is 0.597. The van der Waals surface area contributed by atoms with E-state index in [0.717, 1.165) is 6.54 Å². The average molecular weight is 172 g/mol. The molecule has 12 heavy (non-hydrogen) atoms. The fraction of sp³-hybridized carbons (Fsp3) is 1.00. The van der Waals surface area contributed by atoms with Crippen LogP contribution in [0.1, 0.15) is 33.6 Å². The molecule has 0 aromatic rings. The van der Waals surface area contributed by atoms with Gasteiger partial charge in [0.1, 0.15) is 0 Å². The third-order valence-corrected chi connectivity index (χ3v) is 2.62. The van der Waals surface area contributed by atoms with Crippen LogP contribution in [-0.2, 0) is 0 Å². The maximum atomic E-state index is 5.74. The van der Waals surface area contributed by atoms with Gasteiger partial charge in [-0.15, -0.1) is 0 Å². The van der Waals surface area contributed by atoms with Gasteiger partial charge in [-0.2, -0.15) is 0 Å². The van der Waals surface area contributed by atoms with E-state index < -0.39 is 0 Å². The molecule has 0 heterocycles. The first-order valence-corrected chi connectivity index (χ1v) is 5.04. The van der Waals surface area contributed by atoms with Crippen LogP contribution in [0.15, 0.2) is 0 Å². The highest BCUT2D eigenvalue weighted by molar-refractivity contribution is 4.77. The molecule has 0 rings (SSSR count). The maximum absolute atomic E-state index is 5.74. The lowest BCUT2D eigenvalue weighted by molar-refractivity contribution is 0.281. The lowest BCUT2D eigenvalue weighted by Crippen LogP contribution is -2.40. The molecule has 0 aliphatic heterocycles. The maximum Gasteiger partial charge on any atom is 0.0107 e. The predicted octanol–water partition coefficient (Wildman–Crippen LogP) is 1.61. The molecule has 2 atom stereocenters. The quantitative estimate of drug-likeness (QED) is 0.639. The van der Waals surface area contributed by atoms with E-state index in [1.165, 1.54) is 12.8 Å². The highest BCUT2D eigenvalue weighted by Crippen LogP contribution is 2.17. The molecule has 0 aromatic carbocycles. The zero-order valence-corrected chi connectivity index (χ0v) is 8.93. The minimum atomic E-state index is 0.597. The van der Waals surface area contributed by atoms with Crippen molar-refractivity contribution in [2.45, 2.75) is 39.7 Å².